The molecule has 0 aliphatic rings. The number of aryl methyl sites for hydroxylation is 1. The van der Waals surface area contributed by atoms with E-state index in [0.29, 0.717) is 17.9 Å². The molecule has 0 saturated heterocycles. The van der Waals surface area contributed by atoms with Crippen molar-refractivity contribution in [2.45, 2.75) is 13.5 Å². The maximum atomic E-state index is 12.6. The van der Waals surface area contributed by atoms with Crippen molar-refractivity contribution in [3.05, 3.63) is 88.5 Å². The monoisotopic (exact) mass is 387 g/mol. The number of hydrogen-bond acceptors (Lipinski definition) is 3. The molecule has 4 aromatic rings. The van der Waals surface area contributed by atoms with Crippen LogP contribution in [0.15, 0.2) is 71.5 Å². The number of anilines is 1. The Morgan fingerprint density at radius 3 is 2.69 bits per heavy atom. The van der Waals surface area contributed by atoms with Crippen LogP contribution in [0.1, 0.15) is 11.4 Å². The number of hydrogen-bond donors (Lipinski definition) is 2. The van der Waals surface area contributed by atoms with Crippen molar-refractivity contribution >= 4 is 28.0 Å². The molecule has 1 amide bonds. The third-order valence-electron chi connectivity index (χ3n) is 4.94. The Balaban J connectivity index is 1.47. The normalized spacial score (nSPS) is 12.2. The Morgan fingerprint density at radius 2 is 1.83 bits per heavy atom. The lowest BCUT2D eigenvalue weighted by Crippen LogP contribution is -3.08. The molecule has 6 nitrogen and oxygen atoms in total. The number of carbonyl (C=O) groups excluding carboxylic acids is 1. The fourth-order valence-electron chi connectivity index (χ4n) is 3.63. The molecule has 146 valence electrons. The summed E-state index contributed by atoms with van der Waals surface area (Å²) in [5.74, 6) is -0.0767. The van der Waals surface area contributed by atoms with Crippen LogP contribution in [0.2, 0.25) is 0 Å². The van der Waals surface area contributed by atoms with E-state index in [1.165, 1.54) is 0 Å². The number of aromatic nitrogens is 2. The van der Waals surface area contributed by atoms with Crippen LogP contribution in [-0.4, -0.2) is 28.9 Å². The Bertz CT molecular complexity index is 1260. The van der Waals surface area contributed by atoms with Gasteiger partial charge >= 0.3 is 0 Å². The molecular weight excluding hydrogens is 364 g/mol. The van der Waals surface area contributed by atoms with Gasteiger partial charge in [-0.3, -0.25) is 14.0 Å². The summed E-state index contributed by atoms with van der Waals surface area (Å²) in [6.07, 6.45) is 0. The van der Waals surface area contributed by atoms with Gasteiger partial charge < -0.3 is 10.2 Å². The first-order chi connectivity index (χ1) is 14.0. The van der Waals surface area contributed by atoms with Gasteiger partial charge in [0.2, 0.25) is 0 Å². The van der Waals surface area contributed by atoms with E-state index in [2.05, 4.69) is 10.3 Å². The number of fused-ring (bicyclic) bond motifs is 2. The summed E-state index contributed by atoms with van der Waals surface area (Å²) in [4.78, 5) is 30.5. The average molecular weight is 387 g/mol. The largest absolute Gasteiger partial charge is 0.325 e. The quantitative estimate of drug-likeness (QED) is 0.549. The predicted octanol–water partition coefficient (Wildman–Crippen LogP) is 1.81. The topological polar surface area (TPSA) is 67.9 Å². The third kappa shape index (κ3) is 4.02. The molecule has 29 heavy (non-hydrogen) atoms. The summed E-state index contributed by atoms with van der Waals surface area (Å²) >= 11 is 0. The number of nitrogens with zero attached hydrogens (tertiary/aromatic N) is 2. The van der Waals surface area contributed by atoms with E-state index in [1.807, 2.05) is 74.6 Å². The van der Waals surface area contributed by atoms with Crippen LogP contribution in [0.3, 0.4) is 0 Å². The van der Waals surface area contributed by atoms with E-state index in [-0.39, 0.29) is 18.0 Å². The molecule has 0 aliphatic heterocycles. The zero-order valence-corrected chi connectivity index (χ0v) is 16.5. The van der Waals surface area contributed by atoms with Gasteiger partial charge in [-0.25, -0.2) is 4.98 Å². The summed E-state index contributed by atoms with van der Waals surface area (Å²) < 4.78 is 1.59. The first-order valence-corrected chi connectivity index (χ1v) is 9.58. The molecule has 0 spiro atoms. The number of benzene rings is 2. The van der Waals surface area contributed by atoms with Gasteiger partial charge in [-0.05, 0) is 30.5 Å². The van der Waals surface area contributed by atoms with Crippen molar-refractivity contribution in [1.29, 1.82) is 0 Å². The fourth-order valence-corrected chi connectivity index (χ4v) is 3.63. The molecule has 1 unspecified atom stereocenters. The summed E-state index contributed by atoms with van der Waals surface area (Å²) in [7, 11) is 1.92. The number of pyridine rings is 1. The lowest BCUT2D eigenvalue weighted by Gasteiger charge is -2.15. The van der Waals surface area contributed by atoms with E-state index >= 15 is 0 Å². The number of nitrogens with one attached hydrogen (secondary N) is 2. The minimum atomic E-state index is -0.101. The van der Waals surface area contributed by atoms with E-state index in [4.69, 9.17) is 0 Å². The lowest BCUT2D eigenvalue weighted by atomic mass is 10.1. The van der Waals surface area contributed by atoms with Gasteiger partial charge in [0, 0.05) is 22.8 Å². The van der Waals surface area contributed by atoms with Gasteiger partial charge in [-0.15, -0.1) is 0 Å². The van der Waals surface area contributed by atoms with E-state index in [1.54, 1.807) is 10.5 Å². The second kappa shape index (κ2) is 7.85. The van der Waals surface area contributed by atoms with Gasteiger partial charge in [-0.1, -0.05) is 42.5 Å². The summed E-state index contributed by atoms with van der Waals surface area (Å²) in [5, 5.41) is 5.10. The zero-order chi connectivity index (χ0) is 20.4. The van der Waals surface area contributed by atoms with Crippen LogP contribution >= 0.6 is 0 Å². The lowest BCUT2D eigenvalue weighted by molar-refractivity contribution is -0.885. The standard InChI is InChI=1S/C23H22N4O2/c1-16-7-5-12-21-24-18(13-23(29)27(16)21)14-26(2)15-22(28)25-20-11-6-9-17-8-3-4-10-19(17)20/h3-13H,14-15H2,1-2H3,(H,25,28)/p+1. The van der Waals surface area contributed by atoms with Crippen molar-refractivity contribution in [3.63, 3.8) is 0 Å². The Morgan fingerprint density at radius 1 is 1.07 bits per heavy atom. The van der Waals surface area contributed by atoms with Crippen LogP contribution in [0.25, 0.3) is 16.4 Å². The van der Waals surface area contributed by atoms with Crippen molar-refractivity contribution in [2.24, 2.45) is 0 Å². The highest BCUT2D eigenvalue weighted by molar-refractivity contribution is 6.02. The Labute approximate surface area is 168 Å². The number of rotatable bonds is 5. The van der Waals surface area contributed by atoms with Crippen molar-refractivity contribution in [3.8, 4) is 0 Å². The van der Waals surface area contributed by atoms with Crippen LogP contribution in [0.5, 0.6) is 0 Å². The van der Waals surface area contributed by atoms with Gasteiger partial charge in [0.25, 0.3) is 11.5 Å². The highest BCUT2D eigenvalue weighted by atomic mass is 16.2. The van der Waals surface area contributed by atoms with Crippen LogP contribution in [-0.2, 0) is 11.3 Å². The van der Waals surface area contributed by atoms with E-state index in [0.717, 1.165) is 27.1 Å². The van der Waals surface area contributed by atoms with Gasteiger partial charge in [0.15, 0.2) is 6.54 Å². The second-order valence-corrected chi connectivity index (χ2v) is 7.33. The van der Waals surface area contributed by atoms with Gasteiger partial charge in [0.05, 0.1) is 7.05 Å². The molecule has 6 heteroatoms. The summed E-state index contributed by atoms with van der Waals surface area (Å²) in [6, 6.07) is 20.9. The number of quaternary nitrogens is 1. The highest BCUT2D eigenvalue weighted by Gasteiger charge is 2.14. The smallest absolute Gasteiger partial charge is 0.279 e. The maximum absolute atomic E-state index is 12.6. The number of amides is 1. The van der Waals surface area contributed by atoms with Gasteiger partial charge in [-0.2, -0.15) is 0 Å². The molecular formula is C23H23N4O2+. The highest BCUT2D eigenvalue weighted by Crippen LogP contribution is 2.22. The fraction of sp³-hybridized carbons (Fsp3) is 0.174. The summed E-state index contributed by atoms with van der Waals surface area (Å²) in [5.41, 5.74) is 2.85. The van der Waals surface area contributed by atoms with Crippen LogP contribution < -0.4 is 15.8 Å². The molecule has 0 radical (unpaired) electrons. The third-order valence-corrected chi connectivity index (χ3v) is 4.94. The van der Waals surface area contributed by atoms with Crippen LogP contribution in [0.4, 0.5) is 5.69 Å². The average Bonchev–Trinajstić information content (AvgIpc) is 2.68. The molecule has 0 bridgehead atoms. The zero-order valence-electron chi connectivity index (χ0n) is 16.5. The van der Waals surface area contributed by atoms with Crippen molar-refractivity contribution in [2.75, 3.05) is 18.9 Å². The molecule has 0 saturated carbocycles. The first-order valence-electron chi connectivity index (χ1n) is 9.58. The Hall–Kier alpha value is -3.51. The molecule has 1 atom stereocenters. The number of carbonyl (C=O) groups is 1. The molecule has 2 aromatic heterocycles. The Kier molecular flexibility index (Phi) is 5.10. The molecule has 0 fully saturated rings. The predicted molar refractivity (Wildman–Crippen MR) is 114 cm³/mol. The minimum absolute atomic E-state index is 0.0767. The van der Waals surface area contributed by atoms with Crippen molar-refractivity contribution in [1.82, 2.24) is 9.38 Å². The minimum Gasteiger partial charge on any atom is -0.325 e. The van der Waals surface area contributed by atoms with Crippen LogP contribution in [0, 0.1) is 6.92 Å². The summed E-state index contributed by atoms with van der Waals surface area (Å²) in [6.45, 7) is 2.64. The van der Waals surface area contributed by atoms with Crippen molar-refractivity contribution < 1.29 is 9.69 Å². The molecule has 2 aromatic carbocycles. The molecule has 2 heterocycles. The number of likely N-dealkylation sites (N-methyl/N-ethyl adjacent to an activating group) is 1. The first kappa shape index (κ1) is 18.8. The van der Waals surface area contributed by atoms with Gasteiger partial charge in [0.1, 0.15) is 17.9 Å². The molecule has 0 aliphatic carbocycles. The molecule has 4 rings (SSSR count). The maximum Gasteiger partial charge on any atom is 0.279 e. The second-order valence-electron chi connectivity index (χ2n) is 7.33. The molecule has 2 N–H and O–H groups in total. The van der Waals surface area contributed by atoms with E-state index < -0.39 is 0 Å². The van der Waals surface area contributed by atoms with E-state index in [9.17, 15) is 9.59 Å². The SMILES string of the molecule is Cc1cccc2nc(C[NH+](C)CC(=O)Nc3cccc4ccccc34)cc(=O)n12.